The van der Waals surface area contributed by atoms with Crippen molar-refractivity contribution in [3.63, 3.8) is 0 Å². The molecule has 0 saturated heterocycles. The van der Waals surface area contributed by atoms with Crippen LogP contribution in [0, 0.1) is 17.8 Å². The molecule has 3 atom stereocenters. The van der Waals surface area contributed by atoms with Crippen molar-refractivity contribution < 1.29 is 9.90 Å². The van der Waals surface area contributed by atoms with E-state index in [4.69, 9.17) is 0 Å². The highest BCUT2D eigenvalue weighted by Gasteiger charge is 2.25. The van der Waals surface area contributed by atoms with Gasteiger partial charge in [-0.05, 0) is 18.3 Å². The monoisotopic (exact) mass is 620 g/mol. The van der Waals surface area contributed by atoms with E-state index in [9.17, 15) is 9.90 Å². The molecule has 0 radical (unpaired) electrons. The van der Waals surface area contributed by atoms with Crippen molar-refractivity contribution in [1.82, 2.24) is 0 Å². The maximum atomic E-state index is 12.1. The van der Waals surface area contributed by atoms with E-state index in [0.717, 1.165) is 19.3 Å². The summed E-state index contributed by atoms with van der Waals surface area (Å²) in [5.41, 5.74) is 0. The maximum Gasteiger partial charge on any atom is 0.0448 e. The normalized spacial score (nSPS) is 13.7. The molecule has 2 nitrogen and oxygen atoms in total. The van der Waals surface area contributed by atoms with Gasteiger partial charge in [-0.1, -0.05) is 240 Å². The SMILES string of the molecule is CCCCCCCCCCCCCCCCCC(CCCCCCCCCCCCCCCC)C(C)C(CCCC)C(=O)[O-]. The predicted molar refractivity (Wildman–Crippen MR) is 195 cm³/mol. The summed E-state index contributed by atoms with van der Waals surface area (Å²) in [4.78, 5) is 12.1. The number of rotatable bonds is 37. The molecule has 0 aromatic rings. The highest BCUT2D eigenvalue weighted by atomic mass is 16.4. The fourth-order valence-electron chi connectivity index (χ4n) is 7.40. The zero-order valence-corrected chi connectivity index (χ0v) is 31.1. The van der Waals surface area contributed by atoms with Crippen molar-refractivity contribution in [2.24, 2.45) is 17.8 Å². The van der Waals surface area contributed by atoms with Crippen LogP contribution < -0.4 is 5.11 Å². The van der Waals surface area contributed by atoms with Gasteiger partial charge in [-0.25, -0.2) is 0 Å². The molecule has 2 heteroatoms. The van der Waals surface area contributed by atoms with Gasteiger partial charge in [-0.3, -0.25) is 0 Å². The highest BCUT2D eigenvalue weighted by molar-refractivity contribution is 5.67. The molecule has 0 fully saturated rings. The largest absolute Gasteiger partial charge is 0.550 e. The van der Waals surface area contributed by atoms with E-state index in [0.29, 0.717) is 5.92 Å². The van der Waals surface area contributed by atoms with Crippen LogP contribution in [0.2, 0.25) is 0 Å². The minimum absolute atomic E-state index is 0.250. The molecule has 0 spiro atoms. The van der Waals surface area contributed by atoms with Gasteiger partial charge in [0, 0.05) is 11.9 Å². The van der Waals surface area contributed by atoms with E-state index in [1.54, 1.807) is 0 Å². The third kappa shape index (κ3) is 28.9. The Kier molecular flexibility index (Phi) is 34.9. The topological polar surface area (TPSA) is 40.1 Å². The summed E-state index contributed by atoms with van der Waals surface area (Å²) in [5.74, 6) is -0.259. The lowest BCUT2D eigenvalue weighted by atomic mass is 9.75. The first-order chi connectivity index (χ1) is 21.6. The number of carbonyl (C=O) groups is 1. The minimum atomic E-state index is -0.798. The van der Waals surface area contributed by atoms with Gasteiger partial charge in [-0.15, -0.1) is 0 Å². The van der Waals surface area contributed by atoms with E-state index < -0.39 is 5.97 Å². The number of hydrogen-bond donors (Lipinski definition) is 0. The van der Waals surface area contributed by atoms with Crippen LogP contribution in [-0.4, -0.2) is 5.97 Å². The lowest BCUT2D eigenvalue weighted by Gasteiger charge is -2.32. The molecule has 0 amide bonds. The number of carbonyl (C=O) groups excluding carboxylic acids is 1. The van der Waals surface area contributed by atoms with Gasteiger partial charge in [0.1, 0.15) is 0 Å². The predicted octanol–water partition coefficient (Wildman–Crippen LogP) is 13.9. The quantitative estimate of drug-likeness (QED) is 0.0649. The molecular weight excluding hydrogens is 536 g/mol. The summed E-state index contributed by atoms with van der Waals surface area (Å²) >= 11 is 0. The van der Waals surface area contributed by atoms with E-state index in [-0.39, 0.29) is 11.8 Å². The molecule has 264 valence electrons. The van der Waals surface area contributed by atoms with E-state index in [1.165, 1.54) is 199 Å². The van der Waals surface area contributed by atoms with Gasteiger partial charge >= 0.3 is 0 Å². The smallest absolute Gasteiger partial charge is 0.0448 e. The summed E-state index contributed by atoms with van der Waals surface area (Å²) < 4.78 is 0. The van der Waals surface area contributed by atoms with Crippen LogP contribution in [0.1, 0.15) is 246 Å². The van der Waals surface area contributed by atoms with Crippen molar-refractivity contribution in [2.45, 2.75) is 246 Å². The van der Waals surface area contributed by atoms with Crippen molar-refractivity contribution in [2.75, 3.05) is 0 Å². The molecule has 0 rings (SSSR count). The van der Waals surface area contributed by atoms with Crippen LogP contribution in [0.25, 0.3) is 0 Å². The summed E-state index contributed by atoms with van der Waals surface area (Å²) in [7, 11) is 0. The van der Waals surface area contributed by atoms with E-state index in [1.807, 2.05) is 0 Å². The Morgan fingerprint density at radius 1 is 0.386 bits per heavy atom. The van der Waals surface area contributed by atoms with E-state index in [2.05, 4.69) is 27.7 Å². The van der Waals surface area contributed by atoms with Crippen molar-refractivity contribution in [3.8, 4) is 0 Å². The summed E-state index contributed by atoms with van der Waals surface area (Å²) in [6, 6.07) is 0. The Morgan fingerprint density at radius 3 is 0.886 bits per heavy atom. The molecule has 0 saturated carbocycles. The Balaban J connectivity index is 4.12. The first kappa shape index (κ1) is 43.5. The summed E-state index contributed by atoms with van der Waals surface area (Å²) in [5, 5.41) is 12.1. The molecule has 0 N–H and O–H groups in total. The van der Waals surface area contributed by atoms with Gasteiger partial charge < -0.3 is 9.90 Å². The number of carboxylic acids is 1. The number of carboxylic acid groups (broad SMARTS) is 1. The molecule has 44 heavy (non-hydrogen) atoms. The molecular formula is C42H83O2-. The minimum Gasteiger partial charge on any atom is -0.550 e. The molecule has 0 bridgehead atoms. The fraction of sp³-hybridized carbons (Fsp3) is 0.976. The summed E-state index contributed by atoms with van der Waals surface area (Å²) in [6.07, 6.45) is 45.8. The van der Waals surface area contributed by atoms with Crippen molar-refractivity contribution in [1.29, 1.82) is 0 Å². The third-order valence-corrected chi connectivity index (χ3v) is 10.7. The standard InChI is InChI=1S/C42H84O2/c1-5-8-11-13-15-17-19-21-23-25-27-29-31-33-35-37-40(39(4)41(42(43)44)38-10-7-3)36-34-32-30-28-26-24-22-20-18-16-14-12-9-6-2/h39-41H,5-38H2,1-4H3,(H,43,44)/p-1. The second-order valence-electron chi connectivity index (χ2n) is 14.8. The lowest BCUT2D eigenvalue weighted by Crippen LogP contribution is -2.37. The number of unbranched alkanes of at least 4 members (excludes halogenated alkanes) is 28. The van der Waals surface area contributed by atoms with Gasteiger partial charge in [-0.2, -0.15) is 0 Å². The number of hydrogen-bond acceptors (Lipinski definition) is 2. The van der Waals surface area contributed by atoms with Crippen molar-refractivity contribution in [3.05, 3.63) is 0 Å². The Bertz CT molecular complexity index is 558. The third-order valence-electron chi connectivity index (χ3n) is 10.7. The van der Waals surface area contributed by atoms with Gasteiger partial charge in [0.2, 0.25) is 0 Å². The molecule has 0 aromatic carbocycles. The van der Waals surface area contributed by atoms with Crippen molar-refractivity contribution >= 4 is 5.97 Å². The Labute approximate surface area is 279 Å². The van der Waals surface area contributed by atoms with Crippen LogP contribution in [0.4, 0.5) is 0 Å². The molecule has 3 unspecified atom stereocenters. The van der Waals surface area contributed by atoms with Crippen LogP contribution in [0.15, 0.2) is 0 Å². The first-order valence-corrected chi connectivity index (χ1v) is 20.8. The number of aliphatic carboxylic acids is 1. The molecule has 0 aliphatic heterocycles. The van der Waals surface area contributed by atoms with Gasteiger partial charge in [0.15, 0.2) is 0 Å². The zero-order chi connectivity index (χ0) is 32.4. The maximum absolute atomic E-state index is 12.1. The molecule has 0 heterocycles. The second kappa shape index (κ2) is 35.3. The fourth-order valence-corrected chi connectivity index (χ4v) is 7.40. The van der Waals surface area contributed by atoms with Crippen LogP contribution >= 0.6 is 0 Å². The molecule has 0 aromatic heterocycles. The van der Waals surface area contributed by atoms with Gasteiger partial charge in [0.05, 0.1) is 0 Å². The zero-order valence-electron chi connectivity index (χ0n) is 31.1. The average Bonchev–Trinajstić information content (AvgIpc) is 3.01. The van der Waals surface area contributed by atoms with Gasteiger partial charge in [0.25, 0.3) is 0 Å². The second-order valence-corrected chi connectivity index (χ2v) is 14.8. The summed E-state index contributed by atoms with van der Waals surface area (Å²) in [6.45, 7) is 8.99. The van der Waals surface area contributed by atoms with Crippen LogP contribution in [0.3, 0.4) is 0 Å². The van der Waals surface area contributed by atoms with E-state index >= 15 is 0 Å². The van der Waals surface area contributed by atoms with Crippen LogP contribution in [0.5, 0.6) is 0 Å². The lowest BCUT2D eigenvalue weighted by molar-refractivity contribution is -0.314. The first-order valence-electron chi connectivity index (χ1n) is 20.8. The highest BCUT2D eigenvalue weighted by Crippen LogP contribution is 2.33. The Morgan fingerprint density at radius 2 is 0.636 bits per heavy atom. The average molecular weight is 620 g/mol. The molecule has 0 aliphatic rings. The molecule has 0 aliphatic carbocycles. The Hall–Kier alpha value is -0.530. The van der Waals surface area contributed by atoms with Crippen LogP contribution in [-0.2, 0) is 4.79 Å².